The second-order valence-corrected chi connectivity index (χ2v) is 5.56. The van der Waals surface area contributed by atoms with Gasteiger partial charge in [-0.25, -0.2) is 4.39 Å². The van der Waals surface area contributed by atoms with E-state index in [0.717, 1.165) is 0 Å². The predicted octanol–water partition coefficient (Wildman–Crippen LogP) is 4.25. The van der Waals surface area contributed by atoms with Gasteiger partial charge in [0.25, 0.3) is 0 Å². The zero-order chi connectivity index (χ0) is 18.7. The van der Waals surface area contributed by atoms with Crippen LogP contribution in [0.3, 0.4) is 0 Å². The lowest BCUT2D eigenvalue weighted by atomic mass is 10.3. The first-order valence-electron chi connectivity index (χ1n) is 7.30. The third-order valence-corrected chi connectivity index (χ3v) is 3.54. The van der Waals surface area contributed by atoms with E-state index in [4.69, 9.17) is 17.3 Å². The van der Waals surface area contributed by atoms with E-state index >= 15 is 0 Å². The Hall–Kier alpha value is -3.46. The van der Waals surface area contributed by atoms with Gasteiger partial charge in [0.2, 0.25) is 17.6 Å². The third kappa shape index (κ3) is 3.78. The maximum absolute atomic E-state index is 13.8. The summed E-state index contributed by atoms with van der Waals surface area (Å²) in [7, 11) is 0. The van der Waals surface area contributed by atoms with Crippen molar-refractivity contribution < 1.29 is 9.31 Å². The Kier molecular flexibility index (Phi) is 4.81. The van der Waals surface area contributed by atoms with Crippen molar-refractivity contribution in [2.75, 3.05) is 16.4 Å². The molecule has 3 rings (SSSR count). The molecule has 0 spiro atoms. The first kappa shape index (κ1) is 17.4. The summed E-state index contributed by atoms with van der Waals surface area (Å²) in [5, 5.41) is 17.2. The SMILES string of the molecule is Nc1nc(Nc2ccccc2F)nc(Nc2cccc(Cl)c2)c1[N+](=O)[O-]. The molecule has 0 atom stereocenters. The van der Waals surface area contributed by atoms with Crippen molar-refractivity contribution in [1.82, 2.24) is 9.97 Å². The van der Waals surface area contributed by atoms with Crippen LogP contribution in [-0.4, -0.2) is 14.9 Å². The Labute approximate surface area is 152 Å². The lowest BCUT2D eigenvalue weighted by molar-refractivity contribution is -0.383. The number of hydrogen-bond donors (Lipinski definition) is 3. The van der Waals surface area contributed by atoms with Crippen molar-refractivity contribution in [3.8, 4) is 0 Å². The predicted molar refractivity (Wildman–Crippen MR) is 97.5 cm³/mol. The molecule has 0 bridgehead atoms. The smallest absolute Gasteiger partial charge is 0.353 e. The van der Waals surface area contributed by atoms with E-state index < -0.39 is 16.4 Å². The molecule has 1 aromatic heterocycles. The number of nitrogen functional groups attached to an aromatic ring is 1. The van der Waals surface area contributed by atoms with Crippen LogP contribution in [0.4, 0.5) is 39.0 Å². The van der Waals surface area contributed by atoms with Gasteiger partial charge in [-0.1, -0.05) is 29.8 Å². The van der Waals surface area contributed by atoms with Gasteiger partial charge >= 0.3 is 5.69 Å². The summed E-state index contributed by atoms with van der Waals surface area (Å²) >= 11 is 5.92. The molecule has 0 radical (unpaired) electrons. The Bertz CT molecular complexity index is 985. The van der Waals surface area contributed by atoms with Crippen molar-refractivity contribution in [3.05, 3.63) is 69.5 Å². The average molecular weight is 375 g/mol. The number of nitrogens with two attached hydrogens (primary N) is 1. The van der Waals surface area contributed by atoms with E-state index in [9.17, 15) is 14.5 Å². The van der Waals surface area contributed by atoms with E-state index in [2.05, 4.69) is 20.6 Å². The van der Waals surface area contributed by atoms with Gasteiger partial charge in [0.1, 0.15) is 5.82 Å². The quantitative estimate of drug-likeness (QED) is 0.451. The maximum Gasteiger partial charge on any atom is 0.353 e. The molecule has 8 nitrogen and oxygen atoms in total. The molecular weight excluding hydrogens is 363 g/mol. The fourth-order valence-corrected chi connectivity index (χ4v) is 2.37. The summed E-state index contributed by atoms with van der Waals surface area (Å²) in [6.07, 6.45) is 0. The summed E-state index contributed by atoms with van der Waals surface area (Å²) in [5.41, 5.74) is 5.78. The molecule has 4 N–H and O–H groups in total. The van der Waals surface area contributed by atoms with Crippen molar-refractivity contribution in [2.45, 2.75) is 0 Å². The van der Waals surface area contributed by atoms with Gasteiger partial charge in [0, 0.05) is 10.7 Å². The molecule has 0 aliphatic carbocycles. The number of aromatic nitrogens is 2. The normalized spacial score (nSPS) is 10.4. The highest BCUT2D eigenvalue weighted by Crippen LogP contribution is 2.32. The number of hydrogen-bond acceptors (Lipinski definition) is 7. The molecule has 0 fully saturated rings. The summed E-state index contributed by atoms with van der Waals surface area (Å²) in [4.78, 5) is 18.5. The van der Waals surface area contributed by atoms with E-state index in [1.807, 2.05) is 0 Å². The molecule has 0 aliphatic heterocycles. The van der Waals surface area contributed by atoms with Crippen molar-refractivity contribution in [1.29, 1.82) is 0 Å². The molecule has 0 amide bonds. The first-order chi connectivity index (χ1) is 12.4. The second-order valence-electron chi connectivity index (χ2n) is 5.13. The largest absolute Gasteiger partial charge is 0.378 e. The molecule has 1 heterocycles. The lowest BCUT2D eigenvalue weighted by Crippen LogP contribution is -2.09. The van der Waals surface area contributed by atoms with Gasteiger partial charge in [-0.2, -0.15) is 9.97 Å². The number of benzene rings is 2. The number of anilines is 5. The van der Waals surface area contributed by atoms with Crippen LogP contribution >= 0.6 is 11.6 Å². The van der Waals surface area contributed by atoms with E-state index in [0.29, 0.717) is 10.7 Å². The number of nitrogens with one attached hydrogen (secondary N) is 2. The van der Waals surface area contributed by atoms with Crippen molar-refractivity contribution >= 4 is 46.2 Å². The Morgan fingerprint density at radius 2 is 1.88 bits per heavy atom. The van der Waals surface area contributed by atoms with Crippen LogP contribution in [0, 0.1) is 15.9 Å². The molecule has 0 saturated carbocycles. The number of rotatable bonds is 5. The highest BCUT2D eigenvalue weighted by Gasteiger charge is 2.23. The minimum Gasteiger partial charge on any atom is -0.378 e. The number of para-hydroxylation sites is 1. The fraction of sp³-hybridized carbons (Fsp3) is 0. The van der Waals surface area contributed by atoms with Crippen LogP contribution in [-0.2, 0) is 0 Å². The van der Waals surface area contributed by atoms with Gasteiger partial charge in [-0.3, -0.25) is 10.1 Å². The summed E-state index contributed by atoms with van der Waals surface area (Å²) in [6, 6.07) is 12.4. The van der Waals surface area contributed by atoms with Crippen LogP contribution in [0.15, 0.2) is 48.5 Å². The zero-order valence-electron chi connectivity index (χ0n) is 13.1. The summed E-state index contributed by atoms with van der Waals surface area (Å²) in [6.45, 7) is 0. The van der Waals surface area contributed by atoms with E-state index in [-0.39, 0.29) is 23.3 Å². The van der Waals surface area contributed by atoms with E-state index in [1.54, 1.807) is 30.3 Å². The van der Waals surface area contributed by atoms with Gasteiger partial charge in [-0.05, 0) is 30.3 Å². The number of nitrogens with zero attached hydrogens (tertiary/aromatic N) is 3. The number of halogens is 2. The highest BCUT2D eigenvalue weighted by atomic mass is 35.5. The molecule has 0 aliphatic rings. The van der Waals surface area contributed by atoms with Crippen LogP contribution in [0.5, 0.6) is 0 Å². The highest BCUT2D eigenvalue weighted by molar-refractivity contribution is 6.30. The second kappa shape index (κ2) is 7.19. The van der Waals surface area contributed by atoms with Crippen LogP contribution in [0.2, 0.25) is 5.02 Å². The van der Waals surface area contributed by atoms with Crippen LogP contribution in [0.25, 0.3) is 0 Å². The standard InChI is InChI=1S/C16H12ClFN6O2/c17-9-4-3-5-10(8-9)20-15-13(24(25)26)14(19)22-16(23-15)21-12-7-2-1-6-11(12)18/h1-8H,(H4,19,20,21,22,23). The minimum atomic E-state index is -0.699. The molecule has 0 unspecified atom stereocenters. The molecular formula is C16H12ClFN6O2. The summed E-state index contributed by atoms with van der Waals surface area (Å²) < 4.78 is 13.8. The first-order valence-corrected chi connectivity index (χ1v) is 7.68. The molecule has 10 heteroatoms. The Balaban J connectivity index is 2.02. The number of nitro groups is 1. The van der Waals surface area contributed by atoms with Crippen LogP contribution in [0.1, 0.15) is 0 Å². The Morgan fingerprint density at radius 3 is 2.58 bits per heavy atom. The monoisotopic (exact) mass is 374 g/mol. The average Bonchev–Trinajstić information content (AvgIpc) is 2.56. The minimum absolute atomic E-state index is 0.0947. The molecule has 132 valence electrons. The Morgan fingerprint density at radius 1 is 1.12 bits per heavy atom. The van der Waals surface area contributed by atoms with Gasteiger partial charge in [0.15, 0.2) is 0 Å². The van der Waals surface area contributed by atoms with Gasteiger partial charge in [-0.15, -0.1) is 0 Å². The summed E-state index contributed by atoms with van der Waals surface area (Å²) in [5.74, 6) is -1.14. The third-order valence-electron chi connectivity index (χ3n) is 3.30. The molecule has 26 heavy (non-hydrogen) atoms. The van der Waals surface area contributed by atoms with Gasteiger partial charge in [0.05, 0.1) is 10.6 Å². The van der Waals surface area contributed by atoms with Crippen molar-refractivity contribution in [3.63, 3.8) is 0 Å². The van der Waals surface area contributed by atoms with Gasteiger partial charge < -0.3 is 16.4 Å². The molecule has 2 aromatic carbocycles. The molecule has 0 saturated heterocycles. The lowest BCUT2D eigenvalue weighted by Gasteiger charge is -2.11. The topological polar surface area (TPSA) is 119 Å². The fourth-order valence-electron chi connectivity index (χ4n) is 2.18. The van der Waals surface area contributed by atoms with Crippen LogP contribution < -0.4 is 16.4 Å². The van der Waals surface area contributed by atoms with Crippen molar-refractivity contribution in [2.24, 2.45) is 0 Å². The molecule has 3 aromatic rings. The zero-order valence-corrected chi connectivity index (χ0v) is 13.9. The van der Waals surface area contributed by atoms with E-state index in [1.165, 1.54) is 18.2 Å². The maximum atomic E-state index is 13.8.